The second kappa shape index (κ2) is 5.69. The molecule has 0 aliphatic carbocycles. The molecule has 0 aliphatic heterocycles. The zero-order chi connectivity index (χ0) is 14.6. The molecular formula is C13H11F3O3. The van der Waals surface area contributed by atoms with Gasteiger partial charge in [0.25, 0.3) is 0 Å². The van der Waals surface area contributed by atoms with Crippen LogP contribution < -0.4 is 0 Å². The lowest BCUT2D eigenvalue weighted by atomic mass is 10.1. The van der Waals surface area contributed by atoms with Crippen LogP contribution in [0.1, 0.15) is 18.1 Å². The van der Waals surface area contributed by atoms with Crippen LogP contribution in [0.3, 0.4) is 0 Å². The Kier molecular flexibility index (Phi) is 4.47. The Hall–Kier alpha value is -2.11. The molecule has 1 aromatic carbocycles. The van der Waals surface area contributed by atoms with Gasteiger partial charge in [-0.2, -0.15) is 13.2 Å². The van der Waals surface area contributed by atoms with E-state index in [1.54, 1.807) is 0 Å². The summed E-state index contributed by atoms with van der Waals surface area (Å²) in [5.74, 6) is -1.35. The standard InChI is InChI=1S/C13H11F3O3/c1-8(17)11(12(18)19-2)7-9-3-5-10(6-4-9)13(14,15)16/h3-7H,1-2H3/b11-7+. The van der Waals surface area contributed by atoms with Gasteiger partial charge < -0.3 is 4.74 Å². The van der Waals surface area contributed by atoms with E-state index in [4.69, 9.17) is 0 Å². The van der Waals surface area contributed by atoms with Crippen LogP contribution in [0.25, 0.3) is 6.08 Å². The van der Waals surface area contributed by atoms with E-state index in [9.17, 15) is 22.8 Å². The second-order valence-corrected chi connectivity index (χ2v) is 3.73. The van der Waals surface area contributed by atoms with Crippen LogP contribution in [0.2, 0.25) is 0 Å². The van der Waals surface area contributed by atoms with E-state index in [1.807, 2.05) is 0 Å². The number of ketones is 1. The van der Waals surface area contributed by atoms with E-state index >= 15 is 0 Å². The van der Waals surface area contributed by atoms with Crippen molar-refractivity contribution in [3.05, 3.63) is 41.0 Å². The highest BCUT2D eigenvalue weighted by atomic mass is 19.4. The Morgan fingerprint density at radius 3 is 2.05 bits per heavy atom. The summed E-state index contributed by atoms with van der Waals surface area (Å²) < 4.78 is 41.5. The Morgan fingerprint density at radius 1 is 1.16 bits per heavy atom. The Balaban J connectivity index is 3.10. The summed E-state index contributed by atoms with van der Waals surface area (Å²) in [6.45, 7) is 1.17. The van der Waals surface area contributed by atoms with Crippen LogP contribution in [-0.2, 0) is 20.5 Å². The fraction of sp³-hybridized carbons (Fsp3) is 0.231. The van der Waals surface area contributed by atoms with E-state index in [1.165, 1.54) is 25.1 Å². The third-order valence-electron chi connectivity index (χ3n) is 2.33. The fourth-order valence-corrected chi connectivity index (χ4v) is 1.35. The third-order valence-corrected chi connectivity index (χ3v) is 2.33. The molecule has 0 aliphatic rings. The molecule has 0 N–H and O–H groups in total. The number of hydrogen-bond donors (Lipinski definition) is 0. The largest absolute Gasteiger partial charge is 0.465 e. The number of rotatable bonds is 3. The number of benzene rings is 1. The summed E-state index contributed by atoms with van der Waals surface area (Å²) in [6, 6.07) is 4.10. The first-order chi connectivity index (χ1) is 8.75. The number of carbonyl (C=O) groups is 2. The molecule has 0 amide bonds. The van der Waals surface area contributed by atoms with Gasteiger partial charge in [-0.3, -0.25) is 4.79 Å². The predicted molar refractivity (Wildman–Crippen MR) is 62.1 cm³/mol. The number of Topliss-reactive ketones (excluding diaryl/α,β-unsaturated/α-hetero) is 1. The third kappa shape index (κ3) is 3.94. The normalized spacial score (nSPS) is 12.2. The molecule has 6 heteroatoms. The number of methoxy groups -OCH3 is 1. The summed E-state index contributed by atoms with van der Waals surface area (Å²) in [4.78, 5) is 22.5. The van der Waals surface area contributed by atoms with Gasteiger partial charge in [-0.05, 0) is 30.7 Å². The average molecular weight is 272 g/mol. The highest BCUT2D eigenvalue weighted by Gasteiger charge is 2.29. The quantitative estimate of drug-likeness (QED) is 0.368. The van der Waals surface area contributed by atoms with Crippen LogP contribution in [0, 0.1) is 0 Å². The number of hydrogen-bond acceptors (Lipinski definition) is 3. The van der Waals surface area contributed by atoms with Crippen molar-refractivity contribution in [2.75, 3.05) is 7.11 Å². The summed E-state index contributed by atoms with van der Waals surface area (Å²) in [5.41, 5.74) is -0.710. The highest BCUT2D eigenvalue weighted by Crippen LogP contribution is 2.29. The SMILES string of the molecule is COC(=O)/C(=C/c1ccc(C(F)(F)F)cc1)C(C)=O. The molecule has 102 valence electrons. The molecule has 3 nitrogen and oxygen atoms in total. The van der Waals surface area contributed by atoms with Crippen LogP contribution in [-0.4, -0.2) is 18.9 Å². The lowest BCUT2D eigenvalue weighted by Crippen LogP contribution is -2.11. The number of carbonyl (C=O) groups excluding carboxylic acids is 2. The molecule has 0 aromatic heterocycles. The molecule has 0 radical (unpaired) electrons. The maximum Gasteiger partial charge on any atom is 0.416 e. The molecule has 0 unspecified atom stereocenters. The maximum absolute atomic E-state index is 12.3. The molecule has 0 saturated carbocycles. The van der Waals surface area contributed by atoms with Gasteiger partial charge in [-0.25, -0.2) is 4.79 Å². The molecule has 1 rings (SSSR count). The van der Waals surface area contributed by atoms with Crippen LogP contribution >= 0.6 is 0 Å². The van der Waals surface area contributed by atoms with Gasteiger partial charge in [0.15, 0.2) is 5.78 Å². The Bertz CT molecular complexity index is 513. The topological polar surface area (TPSA) is 43.4 Å². The number of alkyl halides is 3. The smallest absolute Gasteiger partial charge is 0.416 e. The van der Waals surface area contributed by atoms with Crippen molar-refractivity contribution < 1.29 is 27.5 Å². The lowest BCUT2D eigenvalue weighted by molar-refractivity contribution is -0.138. The second-order valence-electron chi connectivity index (χ2n) is 3.73. The van der Waals surface area contributed by atoms with E-state index in [2.05, 4.69) is 4.74 Å². The summed E-state index contributed by atoms with van der Waals surface area (Å²) in [5, 5.41) is 0. The van der Waals surface area contributed by atoms with Gasteiger partial charge in [-0.15, -0.1) is 0 Å². The lowest BCUT2D eigenvalue weighted by Gasteiger charge is -2.06. The first kappa shape index (κ1) is 14.9. The fourth-order valence-electron chi connectivity index (χ4n) is 1.35. The highest BCUT2D eigenvalue weighted by molar-refractivity contribution is 6.19. The molecule has 19 heavy (non-hydrogen) atoms. The monoisotopic (exact) mass is 272 g/mol. The molecule has 0 bridgehead atoms. The minimum absolute atomic E-state index is 0.220. The molecule has 0 fully saturated rings. The van der Waals surface area contributed by atoms with E-state index in [-0.39, 0.29) is 5.57 Å². The molecule has 0 saturated heterocycles. The van der Waals surface area contributed by atoms with Gasteiger partial charge in [0.1, 0.15) is 5.57 Å². The molecular weight excluding hydrogens is 261 g/mol. The average Bonchev–Trinajstić information content (AvgIpc) is 2.34. The minimum Gasteiger partial charge on any atom is -0.465 e. The van der Waals surface area contributed by atoms with Crippen molar-refractivity contribution in [2.24, 2.45) is 0 Å². The minimum atomic E-state index is -4.42. The zero-order valence-corrected chi connectivity index (χ0v) is 10.2. The van der Waals surface area contributed by atoms with Crippen LogP contribution in [0.5, 0.6) is 0 Å². The number of esters is 1. The van der Waals surface area contributed by atoms with Gasteiger partial charge in [-0.1, -0.05) is 12.1 Å². The molecule has 0 spiro atoms. The Labute approximate surface area is 107 Å². The Morgan fingerprint density at radius 2 is 1.68 bits per heavy atom. The van der Waals surface area contributed by atoms with Crippen molar-refractivity contribution in [3.63, 3.8) is 0 Å². The van der Waals surface area contributed by atoms with Crippen molar-refractivity contribution in [1.29, 1.82) is 0 Å². The van der Waals surface area contributed by atoms with Crippen molar-refractivity contribution in [3.8, 4) is 0 Å². The first-order valence-corrected chi connectivity index (χ1v) is 5.24. The van der Waals surface area contributed by atoms with Crippen LogP contribution in [0.15, 0.2) is 29.8 Å². The zero-order valence-electron chi connectivity index (χ0n) is 10.2. The predicted octanol–water partition coefficient (Wildman–Crippen LogP) is 2.85. The van der Waals surface area contributed by atoms with Crippen molar-refractivity contribution in [2.45, 2.75) is 13.1 Å². The van der Waals surface area contributed by atoms with Crippen molar-refractivity contribution in [1.82, 2.24) is 0 Å². The number of halogens is 3. The molecule has 1 aromatic rings. The van der Waals surface area contributed by atoms with E-state index in [0.29, 0.717) is 5.56 Å². The van der Waals surface area contributed by atoms with Crippen molar-refractivity contribution >= 4 is 17.8 Å². The van der Waals surface area contributed by atoms with Gasteiger partial charge in [0.2, 0.25) is 0 Å². The van der Waals surface area contributed by atoms with E-state index in [0.717, 1.165) is 19.2 Å². The van der Waals surface area contributed by atoms with E-state index < -0.39 is 23.5 Å². The van der Waals surface area contributed by atoms with Gasteiger partial charge in [0, 0.05) is 0 Å². The summed E-state index contributed by atoms with van der Waals surface area (Å²) >= 11 is 0. The van der Waals surface area contributed by atoms with Gasteiger partial charge in [0.05, 0.1) is 12.7 Å². The molecule has 0 heterocycles. The first-order valence-electron chi connectivity index (χ1n) is 5.24. The van der Waals surface area contributed by atoms with Gasteiger partial charge >= 0.3 is 12.1 Å². The summed E-state index contributed by atoms with van der Waals surface area (Å²) in [6.07, 6.45) is -3.23. The maximum atomic E-state index is 12.3. The molecule has 0 atom stereocenters. The summed E-state index contributed by atoms with van der Waals surface area (Å²) in [7, 11) is 1.12. The number of ether oxygens (including phenoxy) is 1. The van der Waals surface area contributed by atoms with Crippen LogP contribution in [0.4, 0.5) is 13.2 Å².